The van der Waals surface area contributed by atoms with Crippen LogP contribution in [0.25, 0.3) is 11.1 Å². The Labute approximate surface area is 188 Å². The van der Waals surface area contributed by atoms with Crippen LogP contribution in [0.1, 0.15) is 30.0 Å². The molecule has 4 rings (SSSR count). The number of methoxy groups -OCH3 is 1. The van der Waals surface area contributed by atoms with Crippen LogP contribution in [-0.2, 0) is 18.4 Å². The molecular formula is C24H29N5O3. The molecule has 2 N–H and O–H groups in total. The number of benzene rings is 1. The number of primary amides is 1. The predicted octanol–water partition coefficient (Wildman–Crippen LogP) is 2.73. The van der Waals surface area contributed by atoms with Gasteiger partial charge in [-0.3, -0.25) is 19.4 Å². The molecule has 0 spiro atoms. The van der Waals surface area contributed by atoms with E-state index < -0.39 is 5.91 Å². The second-order valence-corrected chi connectivity index (χ2v) is 8.19. The summed E-state index contributed by atoms with van der Waals surface area (Å²) in [5, 5.41) is 4.24. The van der Waals surface area contributed by atoms with E-state index >= 15 is 0 Å². The lowest BCUT2D eigenvalue weighted by atomic mass is 9.93. The third kappa shape index (κ3) is 5.26. The normalized spacial score (nSPS) is 16.6. The molecule has 8 nitrogen and oxygen atoms in total. The van der Waals surface area contributed by atoms with Crippen LogP contribution in [0.15, 0.2) is 48.9 Å². The summed E-state index contributed by atoms with van der Waals surface area (Å²) >= 11 is 0. The first kappa shape index (κ1) is 21.8. The van der Waals surface area contributed by atoms with Crippen molar-refractivity contribution < 1.29 is 14.3 Å². The second-order valence-electron chi connectivity index (χ2n) is 8.19. The van der Waals surface area contributed by atoms with Gasteiger partial charge < -0.3 is 15.2 Å². The highest BCUT2D eigenvalue weighted by Gasteiger charge is 2.23. The average Bonchev–Trinajstić information content (AvgIpc) is 3.24. The number of hydrogen-bond acceptors (Lipinski definition) is 6. The van der Waals surface area contributed by atoms with Gasteiger partial charge in [-0.2, -0.15) is 5.10 Å². The number of nitrogens with zero attached hydrogens (tertiary/aromatic N) is 4. The Morgan fingerprint density at radius 1 is 1.19 bits per heavy atom. The average molecular weight is 436 g/mol. The van der Waals surface area contributed by atoms with Crippen LogP contribution in [0.3, 0.4) is 0 Å². The molecule has 2 aromatic heterocycles. The third-order valence-electron chi connectivity index (χ3n) is 5.75. The van der Waals surface area contributed by atoms with Crippen LogP contribution in [0.2, 0.25) is 0 Å². The Kier molecular flexibility index (Phi) is 6.70. The maximum Gasteiger partial charge on any atom is 0.255 e. The van der Waals surface area contributed by atoms with E-state index in [1.54, 1.807) is 11.8 Å². The number of nitrogens with two attached hydrogens (primary N) is 1. The molecule has 1 amide bonds. The fraction of sp³-hybridized carbons (Fsp3) is 0.375. The maximum atomic E-state index is 11.0. The highest BCUT2D eigenvalue weighted by atomic mass is 16.5. The van der Waals surface area contributed by atoms with E-state index in [4.69, 9.17) is 20.2 Å². The largest absolute Gasteiger partial charge is 0.493 e. The van der Waals surface area contributed by atoms with Crippen LogP contribution in [-0.4, -0.2) is 52.4 Å². The Morgan fingerprint density at radius 3 is 2.75 bits per heavy atom. The number of aryl methyl sites for hydroxylation is 1. The van der Waals surface area contributed by atoms with Crippen LogP contribution < -0.4 is 15.2 Å². The Morgan fingerprint density at radius 2 is 2.06 bits per heavy atom. The monoisotopic (exact) mass is 435 g/mol. The van der Waals surface area contributed by atoms with Crippen LogP contribution >= 0.6 is 0 Å². The van der Waals surface area contributed by atoms with Crippen molar-refractivity contribution in [3.8, 4) is 22.6 Å². The molecule has 0 aliphatic carbocycles. The van der Waals surface area contributed by atoms with Crippen molar-refractivity contribution in [2.24, 2.45) is 12.8 Å². The zero-order valence-electron chi connectivity index (χ0n) is 18.5. The summed E-state index contributed by atoms with van der Waals surface area (Å²) in [7, 11) is 3.51. The number of pyridine rings is 1. The number of aromatic nitrogens is 3. The number of rotatable bonds is 8. The minimum atomic E-state index is -0.516. The maximum absolute atomic E-state index is 11.0. The quantitative estimate of drug-likeness (QED) is 0.585. The molecule has 1 fully saturated rings. The molecule has 0 unspecified atom stereocenters. The fourth-order valence-electron chi connectivity index (χ4n) is 4.17. The summed E-state index contributed by atoms with van der Waals surface area (Å²) in [6.45, 7) is 2.65. The first-order chi connectivity index (χ1) is 15.5. The molecule has 32 heavy (non-hydrogen) atoms. The summed E-state index contributed by atoms with van der Waals surface area (Å²) in [5.41, 5.74) is 9.59. The van der Waals surface area contributed by atoms with E-state index in [1.807, 2.05) is 43.8 Å². The fourth-order valence-corrected chi connectivity index (χ4v) is 4.17. The summed E-state index contributed by atoms with van der Waals surface area (Å²) in [5.74, 6) is 1.01. The van der Waals surface area contributed by atoms with Crippen LogP contribution in [0.5, 0.6) is 11.5 Å². The van der Waals surface area contributed by atoms with Crippen LogP contribution in [0.4, 0.5) is 0 Å². The van der Waals surface area contributed by atoms with E-state index in [0.29, 0.717) is 17.4 Å². The molecule has 1 atom stereocenters. The van der Waals surface area contributed by atoms with Gasteiger partial charge in [0.2, 0.25) is 0 Å². The van der Waals surface area contributed by atoms with E-state index in [0.717, 1.165) is 54.9 Å². The van der Waals surface area contributed by atoms with Crippen molar-refractivity contribution in [3.05, 3.63) is 60.2 Å². The van der Waals surface area contributed by atoms with Crippen LogP contribution in [0, 0.1) is 0 Å². The number of carbonyl (C=O) groups is 1. The molecule has 0 saturated carbocycles. The van der Waals surface area contributed by atoms with Crippen molar-refractivity contribution in [2.45, 2.75) is 25.3 Å². The Bertz CT molecular complexity index is 1060. The Balaban J connectivity index is 1.40. The molecule has 0 radical (unpaired) electrons. The molecule has 1 aromatic carbocycles. The molecule has 1 saturated heterocycles. The summed E-state index contributed by atoms with van der Waals surface area (Å²) in [6.07, 6.45) is 8.07. The lowest BCUT2D eigenvalue weighted by Gasteiger charge is -2.32. The lowest BCUT2D eigenvalue weighted by Crippen LogP contribution is -2.34. The van der Waals surface area contributed by atoms with Gasteiger partial charge in [-0.25, -0.2) is 0 Å². The number of piperidine rings is 1. The summed E-state index contributed by atoms with van der Waals surface area (Å²) < 4.78 is 12.7. The topological polar surface area (TPSA) is 95.5 Å². The second kappa shape index (κ2) is 9.82. The van der Waals surface area contributed by atoms with Crippen molar-refractivity contribution in [2.75, 3.05) is 26.8 Å². The molecule has 1 aliphatic rings. The highest BCUT2D eigenvalue weighted by molar-refractivity contribution is 5.75. The molecule has 168 valence electrons. The van der Waals surface area contributed by atoms with Crippen molar-refractivity contribution in [3.63, 3.8) is 0 Å². The number of ether oxygens (including phenoxy) is 2. The molecule has 3 heterocycles. The van der Waals surface area contributed by atoms with Gasteiger partial charge in [-0.15, -0.1) is 0 Å². The third-order valence-corrected chi connectivity index (χ3v) is 5.75. The highest BCUT2D eigenvalue weighted by Crippen LogP contribution is 2.31. The predicted molar refractivity (Wildman–Crippen MR) is 121 cm³/mol. The van der Waals surface area contributed by atoms with Gasteiger partial charge in [0.25, 0.3) is 5.91 Å². The minimum Gasteiger partial charge on any atom is -0.493 e. The van der Waals surface area contributed by atoms with E-state index in [1.165, 1.54) is 0 Å². The van der Waals surface area contributed by atoms with Gasteiger partial charge >= 0.3 is 0 Å². The molecule has 1 aliphatic heterocycles. The summed E-state index contributed by atoms with van der Waals surface area (Å²) in [6, 6.07) is 10.1. The van der Waals surface area contributed by atoms with Gasteiger partial charge in [-0.05, 0) is 43.1 Å². The van der Waals surface area contributed by atoms with E-state index in [-0.39, 0.29) is 6.61 Å². The zero-order chi connectivity index (χ0) is 22.5. The minimum absolute atomic E-state index is 0.171. The first-order valence-corrected chi connectivity index (χ1v) is 10.8. The first-order valence-electron chi connectivity index (χ1n) is 10.8. The van der Waals surface area contributed by atoms with Gasteiger partial charge in [0.05, 0.1) is 13.3 Å². The number of hydrogen-bond donors (Lipinski definition) is 1. The zero-order valence-corrected chi connectivity index (χ0v) is 18.5. The van der Waals surface area contributed by atoms with E-state index in [2.05, 4.69) is 22.1 Å². The molecule has 8 heteroatoms. The van der Waals surface area contributed by atoms with Crippen molar-refractivity contribution >= 4 is 5.91 Å². The van der Waals surface area contributed by atoms with Gasteiger partial charge in [0, 0.05) is 55.3 Å². The molecule has 0 bridgehead atoms. The van der Waals surface area contributed by atoms with Crippen molar-refractivity contribution in [1.82, 2.24) is 19.7 Å². The van der Waals surface area contributed by atoms with Gasteiger partial charge in [-0.1, -0.05) is 12.1 Å². The number of likely N-dealkylation sites (tertiary alicyclic amines) is 1. The molecule has 3 aromatic rings. The van der Waals surface area contributed by atoms with Gasteiger partial charge in [0.1, 0.15) is 0 Å². The SMILES string of the molecule is COc1cc(CN2CCC[C@@H](c3ccc(-c4cnn(C)c4)cn3)C2)ccc1OCC(N)=O. The lowest BCUT2D eigenvalue weighted by molar-refractivity contribution is -0.119. The van der Waals surface area contributed by atoms with E-state index in [9.17, 15) is 4.79 Å². The molecular weight excluding hydrogens is 406 g/mol. The summed E-state index contributed by atoms with van der Waals surface area (Å²) in [4.78, 5) is 18.2. The Hall–Kier alpha value is -3.39. The smallest absolute Gasteiger partial charge is 0.255 e. The number of carbonyl (C=O) groups excluding carboxylic acids is 1. The standard InChI is InChI=1S/C24H29N5O3/c1-28-14-20(12-27-28)18-6-7-21(26-11-18)19-4-3-9-29(15-19)13-17-5-8-22(23(10-17)31-2)32-16-24(25)30/h5-8,10-12,14,19H,3-4,9,13,15-16H2,1-2H3,(H2,25,30)/t19-/m1/s1. The number of amides is 1. The van der Waals surface area contributed by atoms with Gasteiger partial charge in [0.15, 0.2) is 18.1 Å². The van der Waals surface area contributed by atoms with Crippen molar-refractivity contribution in [1.29, 1.82) is 0 Å².